The molecular formula is C17H14Cl2N2O4. The van der Waals surface area contributed by atoms with E-state index in [0.29, 0.717) is 28.8 Å². The summed E-state index contributed by atoms with van der Waals surface area (Å²) in [5, 5.41) is 9.84. The van der Waals surface area contributed by atoms with Crippen LogP contribution in [0.15, 0.2) is 36.5 Å². The Morgan fingerprint density at radius 2 is 2.08 bits per heavy atom. The number of carboxylic acid groups (broad SMARTS) is 1. The number of likely N-dealkylation sites (tertiary alicyclic amines) is 1. The van der Waals surface area contributed by atoms with Crippen LogP contribution in [0.3, 0.4) is 0 Å². The molecule has 0 saturated carbocycles. The minimum Gasteiger partial charge on any atom is -0.481 e. The molecule has 1 saturated heterocycles. The summed E-state index contributed by atoms with van der Waals surface area (Å²) in [4.78, 5) is 29.4. The molecule has 0 aliphatic carbocycles. The largest absolute Gasteiger partial charge is 0.481 e. The molecule has 0 bridgehead atoms. The number of aromatic nitrogens is 1. The van der Waals surface area contributed by atoms with Crippen LogP contribution in [0.1, 0.15) is 16.8 Å². The predicted octanol–water partition coefficient (Wildman–Crippen LogP) is 3.73. The lowest BCUT2D eigenvalue weighted by molar-refractivity contribution is -0.141. The first-order valence-corrected chi connectivity index (χ1v) is 8.31. The monoisotopic (exact) mass is 380 g/mol. The number of carbonyl (C=O) groups excluding carboxylic acids is 1. The first-order valence-electron chi connectivity index (χ1n) is 7.55. The summed E-state index contributed by atoms with van der Waals surface area (Å²) < 4.78 is 5.68. The highest BCUT2D eigenvalue weighted by Crippen LogP contribution is 2.32. The minimum atomic E-state index is -0.897. The Kier molecular flexibility index (Phi) is 5.11. The molecule has 1 aliphatic heterocycles. The number of aliphatic carboxylic acids is 1. The van der Waals surface area contributed by atoms with Gasteiger partial charge in [-0.25, -0.2) is 4.98 Å². The van der Waals surface area contributed by atoms with E-state index in [1.165, 1.54) is 17.2 Å². The van der Waals surface area contributed by atoms with Crippen LogP contribution in [0.25, 0.3) is 0 Å². The number of carbonyl (C=O) groups is 2. The second-order valence-electron chi connectivity index (χ2n) is 5.61. The molecule has 1 amide bonds. The van der Waals surface area contributed by atoms with Crippen LogP contribution in [0.5, 0.6) is 11.6 Å². The Morgan fingerprint density at radius 3 is 2.76 bits per heavy atom. The van der Waals surface area contributed by atoms with Gasteiger partial charge in [0.25, 0.3) is 5.91 Å². The van der Waals surface area contributed by atoms with E-state index in [4.69, 9.17) is 33.0 Å². The first kappa shape index (κ1) is 17.5. The number of benzene rings is 1. The highest BCUT2D eigenvalue weighted by molar-refractivity contribution is 6.35. The van der Waals surface area contributed by atoms with Gasteiger partial charge in [0.1, 0.15) is 11.3 Å². The zero-order valence-corrected chi connectivity index (χ0v) is 14.5. The smallest absolute Gasteiger partial charge is 0.308 e. The molecule has 3 rings (SSSR count). The van der Waals surface area contributed by atoms with Gasteiger partial charge >= 0.3 is 5.97 Å². The zero-order valence-electron chi connectivity index (χ0n) is 13.0. The van der Waals surface area contributed by atoms with Crippen molar-refractivity contribution in [2.24, 2.45) is 5.92 Å². The Bertz CT molecular complexity index is 828. The molecule has 0 radical (unpaired) electrons. The first-order chi connectivity index (χ1) is 12.0. The molecule has 1 fully saturated rings. The summed E-state index contributed by atoms with van der Waals surface area (Å²) in [6.07, 6.45) is 1.93. The summed E-state index contributed by atoms with van der Waals surface area (Å²) in [5.41, 5.74) is 0.250. The molecule has 8 heteroatoms. The number of carboxylic acids is 1. The van der Waals surface area contributed by atoms with Gasteiger partial charge in [0.2, 0.25) is 5.88 Å². The van der Waals surface area contributed by atoms with Gasteiger partial charge < -0.3 is 14.7 Å². The third-order valence-corrected chi connectivity index (χ3v) is 4.46. The van der Waals surface area contributed by atoms with E-state index in [9.17, 15) is 9.59 Å². The van der Waals surface area contributed by atoms with Gasteiger partial charge in [-0.1, -0.05) is 23.2 Å². The Morgan fingerprint density at radius 1 is 1.28 bits per heavy atom. The van der Waals surface area contributed by atoms with Crippen molar-refractivity contribution in [1.82, 2.24) is 9.88 Å². The Balaban J connectivity index is 1.83. The SMILES string of the molecule is O=C(O)[C@@H]1CCN(C(=O)c2cccnc2Oc2ccc(Cl)cc2Cl)C1. The molecule has 130 valence electrons. The normalized spacial score (nSPS) is 16.7. The number of halogens is 2. The standard InChI is InChI=1S/C17H14Cl2N2O4/c18-11-3-4-14(13(19)8-11)25-15-12(2-1-6-20-15)16(22)21-7-5-10(9-21)17(23)24/h1-4,6,8,10H,5,7,9H2,(H,23,24)/t10-/m1/s1. The number of ether oxygens (including phenoxy) is 1. The summed E-state index contributed by atoms with van der Waals surface area (Å²) in [5.74, 6) is -1.34. The van der Waals surface area contributed by atoms with Crippen LogP contribution < -0.4 is 4.74 Å². The molecule has 0 spiro atoms. The van der Waals surface area contributed by atoms with Gasteiger partial charge in [0.05, 0.1) is 10.9 Å². The van der Waals surface area contributed by atoms with Gasteiger partial charge in [-0.15, -0.1) is 0 Å². The van der Waals surface area contributed by atoms with E-state index in [1.54, 1.807) is 24.3 Å². The summed E-state index contributed by atoms with van der Waals surface area (Å²) in [6.45, 7) is 0.552. The van der Waals surface area contributed by atoms with Crippen molar-refractivity contribution in [3.8, 4) is 11.6 Å². The van der Waals surface area contributed by atoms with Crippen molar-refractivity contribution < 1.29 is 19.4 Å². The van der Waals surface area contributed by atoms with Crippen LogP contribution in [0.4, 0.5) is 0 Å². The third-order valence-electron chi connectivity index (χ3n) is 3.93. The van der Waals surface area contributed by atoms with Crippen molar-refractivity contribution in [3.05, 3.63) is 52.1 Å². The quantitative estimate of drug-likeness (QED) is 0.873. The number of hydrogen-bond acceptors (Lipinski definition) is 4. The van der Waals surface area contributed by atoms with Gasteiger partial charge in [-0.3, -0.25) is 9.59 Å². The van der Waals surface area contributed by atoms with Crippen molar-refractivity contribution in [2.75, 3.05) is 13.1 Å². The maximum Gasteiger partial charge on any atom is 0.308 e. The average molecular weight is 381 g/mol. The van der Waals surface area contributed by atoms with Gasteiger partial charge in [0, 0.05) is 24.3 Å². The minimum absolute atomic E-state index is 0.107. The van der Waals surface area contributed by atoms with E-state index < -0.39 is 11.9 Å². The lowest BCUT2D eigenvalue weighted by Gasteiger charge is -2.17. The maximum absolute atomic E-state index is 12.7. The highest BCUT2D eigenvalue weighted by atomic mass is 35.5. The molecule has 25 heavy (non-hydrogen) atoms. The lowest BCUT2D eigenvalue weighted by Crippen LogP contribution is -2.30. The topological polar surface area (TPSA) is 79.7 Å². The fraction of sp³-hybridized carbons (Fsp3) is 0.235. The van der Waals surface area contributed by atoms with E-state index in [1.807, 2.05) is 0 Å². The summed E-state index contributed by atoms with van der Waals surface area (Å²) in [7, 11) is 0. The molecule has 0 unspecified atom stereocenters. The average Bonchev–Trinajstić information content (AvgIpc) is 3.07. The molecule has 6 nitrogen and oxygen atoms in total. The fourth-order valence-corrected chi connectivity index (χ4v) is 3.06. The van der Waals surface area contributed by atoms with Crippen LogP contribution in [0, 0.1) is 5.92 Å². The second-order valence-corrected chi connectivity index (χ2v) is 6.45. The van der Waals surface area contributed by atoms with Gasteiger partial charge in [-0.2, -0.15) is 0 Å². The van der Waals surface area contributed by atoms with Crippen LogP contribution in [-0.2, 0) is 4.79 Å². The predicted molar refractivity (Wildman–Crippen MR) is 92.4 cm³/mol. The van der Waals surface area contributed by atoms with E-state index in [-0.39, 0.29) is 23.9 Å². The van der Waals surface area contributed by atoms with Gasteiger partial charge in [-0.05, 0) is 36.8 Å². The molecule has 2 aromatic rings. The number of pyridine rings is 1. The van der Waals surface area contributed by atoms with Gasteiger partial charge in [0.15, 0.2) is 0 Å². The molecule has 1 aliphatic rings. The molecule has 2 heterocycles. The number of amides is 1. The molecule has 1 N–H and O–H groups in total. The fourth-order valence-electron chi connectivity index (χ4n) is 2.61. The van der Waals surface area contributed by atoms with Crippen LogP contribution in [-0.4, -0.2) is 40.0 Å². The Hall–Kier alpha value is -2.31. The molecule has 1 aromatic heterocycles. The van der Waals surface area contributed by atoms with Crippen molar-refractivity contribution in [2.45, 2.75) is 6.42 Å². The maximum atomic E-state index is 12.7. The van der Waals surface area contributed by atoms with E-state index >= 15 is 0 Å². The zero-order chi connectivity index (χ0) is 18.0. The van der Waals surface area contributed by atoms with Crippen molar-refractivity contribution >= 4 is 35.1 Å². The lowest BCUT2D eigenvalue weighted by atomic mass is 10.1. The summed E-state index contributed by atoms with van der Waals surface area (Å²) in [6, 6.07) is 7.94. The van der Waals surface area contributed by atoms with Crippen molar-refractivity contribution in [3.63, 3.8) is 0 Å². The van der Waals surface area contributed by atoms with Crippen molar-refractivity contribution in [1.29, 1.82) is 0 Å². The summed E-state index contributed by atoms with van der Waals surface area (Å²) >= 11 is 12.0. The number of rotatable bonds is 4. The van der Waals surface area contributed by atoms with Crippen LogP contribution in [0.2, 0.25) is 10.0 Å². The number of nitrogens with zero attached hydrogens (tertiary/aromatic N) is 2. The van der Waals surface area contributed by atoms with E-state index in [0.717, 1.165) is 0 Å². The highest BCUT2D eigenvalue weighted by Gasteiger charge is 2.32. The second kappa shape index (κ2) is 7.29. The number of hydrogen-bond donors (Lipinski definition) is 1. The molecular weight excluding hydrogens is 367 g/mol. The van der Waals surface area contributed by atoms with Crippen LogP contribution >= 0.6 is 23.2 Å². The molecule has 1 atom stereocenters. The van der Waals surface area contributed by atoms with E-state index in [2.05, 4.69) is 4.98 Å². The molecule has 1 aromatic carbocycles. The third kappa shape index (κ3) is 3.86. The Labute approximate surface area is 153 Å².